The number of hydrogen-bond acceptors (Lipinski definition) is 1. The van der Waals surface area contributed by atoms with Crippen LogP contribution in [0.3, 0.4) is 0 Å². The van der Waals surface area contributed by atoms with Crippen LogP contribution in [0.4, 0.5) is 0 Å². The van der Waals surface area contributed by atoms with Crippen LogP contribution in [-0.2, 0) is 12.8 Å². The quantitative estimate of drug-likeness (QED) is 0.241. The molecule has 0 radical (unpaired) electrons. The fourth-order valence-electron chi connectivity index (χ4n) is 5.20. The number of benzene rings is 5. The van der Waals surface area contributed by atoms with E-state index in [4.69, 9.17) is 0 Å². The Balaban J connectivity index is 1.45. The minimum Gasteiger partial charge on any atom is -0.264 e. The van der Waals surface area contributed by atoms with Crippen LogP contribution in [0.25, 0.3) is 38.7 Å². The van der Waals surface area contributed by atoms with Crippen LogP contribution in [0.2, 0.25) is 0 Å². The summed E-state index contributed by atoms with van der Waals surface area (Å²) in [6.07, 6.45) is 3.98. The lowest BCUT2D eigenvalue weighted by Crippen LogP contribution is -1.90. The first kappa shape index (κ1) is 20.4. The fraction of sp³-hybridized carbons (Fsp3) is 0.0606. The van der Waals surface area contributed by atoms with Crippen molar-refractivity contribution in [1.82, 2.24) is 0 Å². The van der Waals surface area contributed by atoms with Gasteiger partial charge in [0.25, 0.3) is 0 Å². The van der Waals surface area contributed by atoms with Gasteiger partial charge in [0.2, 0.25) is 0 Å². The fourth-order valence-corrected chi connectivity index (χ4v) is 5.20. The van der Waals surface area contributed by atoms with E-state index >= 15 is 0 Å². The number of allylic oxidation sites excluding steroid dienone is 1. The van der Waals surface area contributed by atoms with Crippen LogP contribution in [0.15, 0.2) is 120 Å². The molecule has 0 saturated carbocycles. The summed E-state index contributed by atoms with van der Waals surface area (Å²) < 4.78 is 0. The summed E-state index contributed by atoms with van der Waals surface area (Å²) >= 11 is 0. The highest BCUT2D eigenvalue weighted by atomic mass is 14.7. The smallest absolute Gasteiger partial charge is 0.0658 e. The predicted octanol–water partition coefficient (Wildman–Crippen LogP) is 8.36. The molecule has 0 heterocycles. The molecule has 1 aliphatic rings. The van der Waals surface area contributed by atoms with Gasteiger partial charge in [-0.1, -0.05) is 109 Å². The largest absolute Gasteiger partial charge is 0.264 e. The van der Waals surface area contributed by atoms with Gasteiger partial charge in [0.05, 0.1) is 5.70 Å². The molecule has 0 spiro atoms. The van der Waals surface area contributed by atoms with Crippen molar-refractivity contribution in [2.75, 3.05) is 0 Å². The second kappa shape index (κ2) is 8.61. The van der Waals surface area contributed by atoms with Crippen molar-refractivity contribution in [3.05, 3.63) is 138 Å². The molecule has 0 N–H and O–H groups in total. The number of rotatable bonds is 5. The molecule has 0 fully saturated rings. The van der Waals surface area contributed by atoms with E-state index in [0.29, 0.717) is 0 Å². The van der Waals surface area contributed by atoms with E-state index in [1.807, 2.05) is 6.07 Å². The Morgan fingerprint density at radius 1 is 0.735 bits per heavy atom. The van der Waals surface area contributed by atoms with E-state index in [9.17, 15) is 0 Å². The van der Waals surface area contributed by atoms with Crippen molar-refractivity contribution in [3.8, 4) is 22.3 Å². The molecule has 0 saturated heterocycles. The summed E-state index contributed by atoms with van der Waals surface area (Å²) in [6, 6.07) is 39.2. The number of fused-ring (bicyclic) bond motifs is 5. The molecule has 0 aromatic heterocycles. The third-order valence-corrected chi connectivity index (χ3v) is 6.81. The monoisotopic (exact) mass is 435 g/mol. The molecule has 1 heteroatoms. The first-order valence-electron chi connectivity index (χ1n) is 11.8. The summed E-state index contributed by atoms with van der Waals surface area (Å²) in [4.78, 5) is 4.37. The lowest BCUT2D eigenvalue weighted by atomic mass is 9.90. The zero-order valence-corrected chi connectivity index (χ0v) is 19.0. The van der Waals surface area contributed by atoms with Gasteiger partial charge in [-0.2, -0.15) is 0 Å². The van der Waals surface area contributed by atoms with Crippen molar-refractivity contribution in [1.29, 1.82) is 0 Å². The highest BCUT2D eigenvalue weighted by Gasteiger charge is 2.24. The summed E-state index contributed by atoms with van der Waals surface area (Å²) in [7, 11) is 0. The molecule has 0 amide bonds. The van der Waals surface area contributed by atoms with Crippen molar-refractivity contribution < 1.29 is 0 Å². The first-order valence-corrected chi connectivity index (χ1v) is 11.8. The van der Waals surface area contributed by atoms with Gasteiger partial charge in [0, 0.05) is 5.56 Å². The van der Waals surface area contributed by atoms with Gasteiger partial charge in [-0.25, -0.2) is 0 Å². The molecule has 0 aliphatic heterocycles. The second-order valence-electron chi connectivity index (χ2n) is 8.86. The highest BCUT2D eigenvalue weighted by Crippen LogP contribution is 2.46. The zero-order valence-electron chi connectivity index (χ0n) is 19.0. The summed E-state index contributed by atoms with van der Waals surface area (Å²) in [5, 5.41) is 2.62. The number of aliphatic imine (C=N–C) groups is 1. The lowest BCUT2D eigenvalue weighted by Gasteiger charge is -2.13. The molecule has 1 nitrogen and oxygen atoms in total. The van der Waals surface area contributed by atoms with Crippen LogP contribution in [0, 0.1) is 0 Å². The minimum atomic E-state index is 0.833. The Morgan fingerprint density at radius 2 is 1.53 bits per heavy atom. The van der Waals surface area contributed by atoms with Crippen molar-refractivity contribution in [2.24, 2.45) is 4.99 Å². The van der Waals surface area contributed by atoms with Crippen LogP contribution in [0.1, 0.15) is 22.3 Å². The van der Waals surface area contributed by atoms with E-state index in [-0.39, 0.29) is 0 Å². The maximum Gasteiger partial charge on any atom is 0.0658 e. The predicted molar refractivity (Wildman–Crippen MR) is 145 cm³/mol. The molecule has 1 aliphatic carbocycles. The van der Waals surface area contributed by atoms with Crippen LogP contribution >= 0.6 is 0 Å². The number of hydrogen-bond donors (Lipinski definition) is 0. The Bertz CT molecular complexity index is 1560. The van der Waals surface area contributed by atoms with Gasteiger partial charge in [0.15, 0.2) is 0 Å². The molecular weight excluding hydrogens is 410 g/mol. The summed E-state index contributed by atoms with van der Waals surface area (Å²) in [5.41, 5.74) is 11.3. The average molecular weight is 436 g/mol. The second-order valence-corrected chi connectivity index (χ2v) is 8.86. The third kappa shape index (κ3) is 3.56. The summed E-state index contributed by atoms with van der Waals surface area (Å²) in [6.45, 7) is 3.86. The molecule has 5 aromatic rings. The highest BCUT2D eigenvalue weighted by molar-refractivity contribution is 6.05. The van der Waals surface area contributed by atoms with Crippen molar-refractivity contribution >= 4 is 23.2 Å². The van der Waals surface area contributed by atoms with E-state index in [0.717, 1.165) is 24.1 Å². The van der Waals surface area contributed by atoms with Crippen molar-refractivity contribution in [3.63, 3.8) is 0 Å². The van der Waals surface area contributed by atoms with Crippen LogP contribution in [0.5, 0.6) is 0 Å². The van der Waals surface area contributed by atoms with Crippen molar-refractivity contribution in [2.45, 2.75) is 12.8 Å². The van der Waals surface area contributed by atoms with E-state index in [1.54, 1.807) is 0 Å². The molecule has 0 atom stereocenters. The van der Waals surface area contributed by atoms with Gasteiger partial charge >= 0.3 is 0 Å². The first-order chi connectivity index (χ1) is 16.8. The van der Waals surface area contributed by atoms with Gasteiger partial charge in [-0.15, -0.1) is 0 Å². The topological polar surface area (TPSA) is 12.4 Å². The summed E-state index contributed by atoms with van der Waals surface area (Å²) in [5.74, 6) is 0. The SMILES string of the molecule is C=N/C(=C\Cc1ccccc1)c1cccc(-c2cccc3c2-c2c(ccc4ccccc24)C3)c1. The standard InChI is InChI=1S/C33H25N/c1-34-31(20-17-23-9-3-2-4-10-23)26-13-7-12-25(21-26)30-16-8-14-27-22-28-19-18-24-11-5-6-15-29(24)33(28)32(27)30/h2-16,18-21H,1,17,22H2/b31-20-. The van der Waals surface area contributed by atoms with E-state index in [1.165, 1.54) is 49.7 Å². The number of nitrogens with zero attached hydrogens (tertiary/aromatic N) is 1. The Morgan fingerprint density at radius 3 is 2.41 bits per heavy atom. The van der Waals surface area contributed by atoms with Gasteiger partial charge in [-0.05, 0) is 75.3 Å². The maximum absolute atomic E-state index is 4.37. The third-order valence-electron chi connectivity index (χ3n) is 6.81. The van der Waals surface area contributed by atoms with Gasteiger partial charge in [-0.3, -0.25) is 4.99 Å². The Labute approximate surface area is 200 Å². The normalized spacial score (nSPS) is 12.4. The van der Waals surface area contributed by atoms with Gasteiger partial charge < -0.3 is 0 Å². The molecule has 0 unspecified atom stereocenters. The minimum absolute atomic E-state index is 0.833. The Hall–Kier alpha value is -4.23. The van der Waals surface area contributed by atoms with Gasteiger partial charge in [0.1, 0.15) is 0 Å². The van der Waals surface area contributed by atoms with E-state index in [2.05, 4.69) is 121 Å². The maximum atomic E-state index is 4.37. The molecule has 5 aromatic carbocycles. The molecule has 34 heavy (non-hydrogen) atoms. The zero-order chi connectivity index (χ0) is 22.9. The van der Waals surface area contributed by atoms with E-state index < -0.39 is 0 Å². The Kier molecular flexibility index (Phi) is 5.16. The lowest BCUT2D eigenvalue weighted by molar-refractivity contribution is 1.26. The molecule has 162 valence electrons. The molecular formula is C33H25N. The molecule has 0 bridgehead atoms. The van der Waals surface area contributed by atoms with Crippen LogP contribution in [-0.4, -0.2) is 6.72 Å². The average Bonchev–Trinajstić information content (AvgIpc) is 3.29. The van der Waals surface area contributed by atoms with Crippen LogP contribution < -0.4 is 0 Å². The molecule has 6 rings (SSSR count).